The zero-order chi connectivity index (χ0) is 9.68. The summed E-state index contributed by atoms with van der Waals surface area (Å²) < 4.78 is 5.07. The van der Waals surface area contributed by atoms with Gasteiger partial charge in [-0.15, -0.1) is 0 Å². The predicted octanol–water partition coefficient (Wildman–Crippen LogP) is 0.0487. The van der Waals surface area contributed by atoms with Crippen molar-refractivity contribution < 1.29 is 9.94 Å². The molecule has 1 aliphatic heterocycles. The third kappa shape index (κ3) is 2.77. The molecule has 0 amide bonds. The van der Waals surface area contributed by atoms with Crippen LogP contribution in [0.25, 0.3) is 0 Å². The Kier molecular flexibility index (Phi) is 3.82. The van der Waals surface area contributed by atoms with E-state index < -0.39 is 0 Å². The number of piperidine rings is 1. The Morgan fingerprint density at radius 3 is 3.15 bits per heavy atom. The van der Waals surface area contributed by atoms with Crippen molar-refractivity contribution in [2.24, 2.45) is 16.8 Å². The van der Waals surface area contributed by atoms with Crippen molar-refractivity contribution >= 4 is 5.96 Å². The van der Waals surface area contributed by atoms with Gasteiger partial charge < -0.3 is 20.6 Å². The third-order valence-corrected chi connectivity index (χ3v) is 2.35. The van der Waals surface area contributed by atoms with Gasteiger partial charge in [0.2, 0.25) is 5.96 Å². The number of likely N-dealkylation sites (tertiary alicyclic amines) is 1. The number of ether oxygens (including phenoxy) is 1. The first-order valence-electron chi connectivity index (χ1n) is 4.49. The number of oxime groups is 1. The zero-order valence-electron chi connectivity index (χ0n) is 7.94. The maximum atomic E-state index is 8.49. The molecule has 1 rings (SSSR count). The van der Waals surface area contributed by atoms with Crippen LogP contribution >= 0.6 is 0 Å². The molecule has 1 fully saturated rings. The van der Waals surface area contributed by atoms with Gasteiger partial charge in [-0.2, -0.15) is 0 Å². The SMILES string of the molecule is COCC1CCCN(C(N)=NO)C1. The van der Waals surface area contributed by atoms with Crippen molar-refractivity contribution in [3.05, 3.63) is 0 Å². The van der Waals surface area contributed by atoms with E-state index in [1.807, 2.05) is 4.90 Å². The summed E-state index contributed by atoms with van der Waals surface area (Å²) in [6, 6.07) is 0. The predicted molar refractivity (Wildman–Crippen MR) is 49.6 cm³/mol. The summed E-state index contributed by atoms with van der Waals surface area (Å²) in [6.07, 6.45) is 2.23. The lowest BCUT2D eigenvalue weighted by Gasteiger charge is -2.32. The highest BCUT2D eigenvalue weighted by Crippen LogP contribution is 2.15. The molecule has 0 aliphatic carbocycles. The van der Waals surface area contributed by atoms with Crippen molar-refractivity contribution in [3.8, 4) is 0 Å². The Bertz CT molecular complexity index is 182. The van der Waals surface area contributed by atoms with E-state index in [0.29, 0.717) is 5.92 Å². The fourth-order valence-electron chi connectivity index (χ4n) is 1.71. The molecule has 13 heavy (non-hydrogen) atoms. The molecule has 0 aromatic rings. The molecule has 1 atom stereocenters. The van der Waals surface area contributed by atoms with E-state index in [2.05, 4.69) is 5.16 Å². The van der Waals surface area contributed by atoms with Crippen molar-refractivity contribution in [2.75, 3.05) is 26.8 Å². The largest absolute Gasteiger partial charge is 0.408 e. The first-order chi connectivity index (χ1) is 6.27. The molecule has 0 bridgehead atoms. The van der Waals surface area contributed by atoms with Gasteiger partial charge in [-0.1, -0.05) is 5.16 Å². The molecule has 3 N–H and O–H groups in total. The van der Waals surface area contributed by atoms with E-state index in [1.54, 1.807) is 7.11 Å². The van der Waals surface area contributed by atoms with Crippen LogP contribution in [0.1, 0.15) is 12.8 Å². The molecule has 5 nitrogen and oxygen atoms in total. The second-order valence-corrected chi connectivity index (χ2v) is 3.37. The van der Waals surface area contributed by atoms with E-state index in [-0.39, 0.29) is 5.96 Å². The van der Waals surface area contributed by atoms with Gasteiger partial charge in [0.05, 0.1) is 6.61 Å². The minimum atomic E-state index is 0.209. The van der Waals surface area contributed by atoms with E-state index in [9.17, 15) is 0 Å². The standard InChI is InChI=1S/C8H17N3O2/c1-13-6-7-3-2-4-11(5-7)8(9)10-12/h7,12H,2-6H2,1H3,(H2,9,10). The van der Waals surface area contributed by atoms with Crippen LogP contribution in [0.4, 0.5) is 0 Å². The molecule has 0 radical (unpaired) electrons. The number of methoxy groups -OCH3 is 1. The lowest BCUT2D eigenvalue weighted by atomic mass is 9.99. The maximum Gasteiger partial charge on any atom is 0.233 e. The van der Waals surface area contributed by atoms with E-state index in [4.69, 9.17) is 15.7 Å². The van der Waals surface area contributed by atoms with Crippen molar-refractivity contribution in [1.82, 2.24) is 4.90 Å². The molecule has 1 aliphatic rings. The Balaban J connectivity index is 2.41. The van der Waals surface area contributed by atoms with Gasteiger partial charge in [0.1, 0.15) is 0 Å². The van der Waals surface area contributed by atoms with E-state index in [1.165, 1.54) is 0 Å². The van der Waals surface area contributed by atoms with Crippen molar-refractivity contribution in [2.45, 2.75) is 12.8 Å². The molecule has 1 saturated heterocycles. The van der Waals surface area contributed by atoms with E-state index in [0.717, 1.165) is 32.5 Å². The van der Waals surface area contributed by atoms with Gasteiger partial charge in [-0.25, -0.2) is 0 Å². The van der Waals surface area contributed by atoms with Gasteiger partial charge in [0.25, 0.3) is 0 Å². The topological polar surface area (TPSA) is 71.1 Å². The molecule has 1 unspecified atom stereocenters. The first kappa shape index (κ1) is 10.1. The van der Waals surface area contributed by atoms with Gasteiger partial charge >= 0.3 is 0 Å². The monoisotopic (exact) mass is 187 g/mol. The van der Waals surface area contributed by atoms with Crippen LogP contribution in [0.2, 0.25) is 0 Å². The van der Waals surface area contributed by atoms with Gasteiger partial charge in [-0.3, -0.25) is 0 Å². The number of nitrogens with two attached hydrogens (primary N) is 1. The fourth-order valence-corrected chi connectivity index (χ4v) is 1.71. The van der Waals surface area contributed by atoms with Gasteiger partial charge in [0, 0.05) is 20.2 Å². The fraction of sp³-hybridized carbons (Fsp3) is 0.875. The average molecular weight is 187 g/mol. The number of nitrogens with zero attached hydrogens (tertiary/aromatic N) is 2. The average Bonchev–Trinajstić information content (AvgIpc) is 2.18. The molecule has 5 heteroatoms. The van der Waals surface area contributed by atoms with Crippen molar-refractivity contribution in [1.29, 1.82) is 0 Å². The van der Waals surface area contributed by atoms with E-state index >= 15 is 0 Å². The number of hydrogen-bond acceptors (Lipinski definition) is 3. The summed E-state index contributed by atoms with van der Waals surface area (Å²) in [5.41, 5.74) is 5.49. The van der Waals surface area contributed by atoms with Crippen molar-refractivity contribution in [3.63, 3.8) is 0 Å². The second-order valence-electron chi connectivity index (χ2n) is 3.37. The molecule has 0 saturated carbocycles. The summed E-state index contributed by atoms with van der Waals surface area (Å²) in [7, 11) is 1.70. The Morgan fingerprint density at radius 2 is 2.54 bits per heavy atom. The highest BCUT2D eigenvalue weighted by atomic mass is 16.5. The highest BCUT2D eigenvalue weighted by molar-refractivity contribution is 5.77. The first-order valence-corrected chi connectivity index (χ1v) is 4.49. The Hall–Kier alpha value is -0.970. The molecule has 1 heterocycles. The number of guanidine groups is 1. The summed E-state index contributed by atoms with van der Waals surface area (Å²) in [5.74, 6) is 0.708. The van der Waals surface area contributed by atoms with Crippen LogP contribution in [-0.4, -0.2) is 42.9 Å². The minimum Gasteiger partial charge on any atom is -0.408 e. The molecule has 0 aromatic carbocycles. The summed E-state index contributed by atoms with van der Waals surface area (Å²) in [5, 5.41) is 11.5. The van der Waals surface area contributed by atoms with Crippen LogP contribution in [0.15, 0.2) is 5.16 Å². The second kappa shape index (κ2) is 4.91. The smallest absolute Gasteiger partial charge is 0.233 e. The lowest BCUT2D eigenvalue weighted by Crippen LogP contribution is -2.44. The molecule has 0 spiro atoms. The van der Waals surface area contributed by atoms with Crippen LogP contribution in [-0.2, 0) is 4.74 Å². The summed E-state index contributed by atoms with van der Waals surface area (Å²) >= 11 is 0. The Labute approximate surface area is 78.1 Å². The maximum absolute atomic E-state index is 8.49. The minimum absolute atomic E-state index is 0.209. The van der Waals surface area contributed by atoms with Crippen LogP contribution in [0.3, 0.4) is 0 Å². The summed E-state index contributed by atoms with van der Waals surface area (Å²) in [4.78, 5) is 1.88. The molecular formula is C8H17N3O2. The zero-order valence-corrected chi connectivity index (χ0v) is 7.94. The van der Waals surface area contributed by atoms with Gasteiger partial charge in [0.15, 0.2) is 0 Å². The van der Waals surface area contributed by atoms with Crippen LogP contribution < -0.4 is 5.73 Å². The molecule has 76 valence electrons. The molecular weight excluding hydrogens is 170 g/mol. The summed E-state index contributed by atoms with van der Waals surface area (Å²) in [6.45, 7) is 2.44. The number of rotatable bonds is 2. The molecule has 0 aromatic heterocycles. The van der Waals surface area contributed by atoms with Crippen LogP contribution in [0.5, 0.6) is 0 Å². The third-order valence-electron chi connectivity index (χ3n) is 2.35. The quantitative estimate of drug-likeness (QED) is 0.277. The van der Waals surface area contributed by atoms with Gasteiger partial charge in [-0.05, 0) is 18.8 Å². The number of hydrogen-bond donors (Lipinski definition) is 2. The normalized spacial score (nSPS) is 24.8. The Morgan fingerprint density at radius 1 is 1.77 bits per heavy atom. The lowest BCUT2D eigenvalue weighted by molar-refractivity contribution is 0.113. The van der Waals surface area contributed by atoms with Crippen LogP contribution in [0, 0.1) is 5.92 Å². The highest BCUT2D eigenvalue weighted by Gasteiger charge is 2.20.